The molecule has 11 rings (SSSR count). The highest BCUT2D eigenvalue weighted by Crippen LogP contribution is 2.38. The molecule has 8 aromatic rings. The van der Waals surface area contributed by atoms with Crippen molar-refractivity contribution in [1.82, 2.24) is 15.0 Å². The van der Waals surface area contributed by atoms with Crippen LogP contribution in [0.4, 0.5) is 11.4 Å². The largest absolute Gasteiger partial charge is 0.495 e. The third-order valence-electron chi connectivity index (χ3n) is 14.4. The Hall–Kier alpha value is -6.63. The molecule has 1 aliphatic heterocycles. The molecule has 1 fully saturated rings. The maximum atomic E-state index is 6.43. The van der Waals surface area contributed by atoms with Gasteiger partial charge in [0.1, 0.15) is 19.8 Å². The van der Waals surface area contributed by atoms with Gasteiger partial charge >= 0.3 is 7.12 Å². The van der Waals surface area contributed by atoms with Crippen LogP contribution < -0.4 is 31.1 Å². The van der Waals surface area contributed by atoms with E-state index in [4.69, 9.17) is 49.2 Å². The Labute approximate surface area is 500 Å². The summed E-state index contributed by atoms with van der Waals surface area (Å²) < 4.78 is 47.8. The predicted molar refractivity (Wildman–Crippen MR) is 333 cm³/mol. The number of aryl methyl sites for hydroxylation is 2. The highest BCUT2D eigenvalue weighted by Gasteiger charge is 2.51. The second kappa shape index (κ2) is 31.2. The number of anilines is 2. The summed E-state index contributed by atoms with van der Waals surface area (Å²) in [6.07, 6.45) is 12.2. The molecule has 82 heavy (non-hydrogen) atoms. The third-order valence-corrected chi connectivity index (χ3v) is 15.6. The molecule has 13 nitrogen and oxygen atoms in total. The van der Waals surface area contributed by atoms with Crippen LogP contribution in [0.15, 0.2) is 179 Å². The van der Waals surface area contributed by atoms with E-state index < -0.39 is 7.12 Å². The van der Waals surface area contributed by atoms with Gasteiger partial charge in [-0.25, -0.2) is 15.0 Å². The fourth-order valence-corrected chi connectivity index (χ4v) is 9.96. The molecule has 4 N–H and O–H groups in total. The van der Waals surface area contributed by atoms with Gasteiger partial charge in [-0.1, -0.05) is 125 Å². The molecule has 0 unspecified atom stereocenters. The van der Waals surface area contributed by atoms with Gasteiger partial charge in [0, 0.05) is 62.7 Å². The summed E-state index contributed by atoms with van der Waals surface area (Å²) in [6.45, 7) is 12.9. The van der Waals surface area contributed by atoms with Gasteiger partial charge in [-0.05, 0) is 156 Å². The van der Waals surface area contributed by atoms with Crippen LogP contribution in [0.1, 0.15) is 79.5 Å². The van der Waals surface area contributed by atoms with E-state index in [9.17, 15) is 0 Å². The molecule has 1 saturated heterocycles. The second-order valence-electron chi connectivity index (χ2n) is 20.8. The fraction of sp³-hybridized carbons (Fsp3) is 0.318. The Kier molecular flexibility index (Phi) is 23.3. The minimum atomic E-state index is -0.417. The number of halogens is 2. The van der Waals surface area contributed by atoms with Gasteiger partial charge in [0.25, 0.3) is 0 Å². The molecule has 0 spiro atoms. The Bertz CT molecular complexity index is 3220. The highest BCUT2D eigenvalue weighted by atomic mass is 79.9. The molecular formula is C66H74BBr2N5O8. The van der Waals surface area contributed by atoms with Crippen molar-refractivity contribution in [3.05, 3.63) is 218 Å². The van der Waals surface area contributed by atoms with Gasteiger partial charge in [-0.15, -0.1) is 0 Å². The monoisotopic (exact) mass is 1230 g/mol. The van der Waals surface area contributed by atoms with Gasteiger partial charge < -0.3 is 49.2 Å². The number of pyridine rings is 3. The second-order valence-corrected chi connectivity index (χ2v) is 22.6. The summed E-state index contributed by atoms with van der Waals surface area (Å²) in [4.78, 5) is 12.6. The first-order valence-corrected chi connectivity index (χ1v) is 29.5. The lowest BCUT2D eigenvalue weighted by molar-refractivity contribution is 0.00578. The lowest BCUT2D eigenvalue weighted by Crippen LogP contribution is -2.41. The molecule has 428 valence electrons. The summed E-state index contributed by atoms with van der Waals surface area (Å²) in [6, 6.07) is 50.1. The van der Waals surface area contributed by atoms with Crippen LogP contribution in [-0.2, 0) is 69.0 Å². The van der Waals surface area contributed by atoms with E-state index in [1.165, 1.54) is 41.5 Å². The van der Waals surface area contributed by atoms with E-state index >= 15 is 0 Å². The quantitative estimate of drug-likeness (QED) is 0.0421. The molecule has 3 aromatic heterocycles. The summed E-state index contributed by atoms with van der Waals surface area (Å²) >= 11 is 6.79. The number of fused-ring (bicyclic) bond motifs is 2. The zero-order valence-electron chi connectivity index (χ0n) is 47.4. The molecule has 0 amide bonds. The number of hydrogen-bond acceptors (Lipinski definition) is 13. The van der Waals surface area contributed by atoms with Crippen LogP contribution in [0.3, 0.4) is 0 Å². The summed E-state index contributed by atoms with van der Waals surface area (Å²) in [5.74, 6) is 1.74. The topological polar surface area (TPSA) is 165 Å². The first-order valence-electron chi connectivity index (χ1n) is 27.9. The van der Waals surface area contributed by atoms with Crippen molar-refractivity contribution in [2.45, 2.75) is 97.2 Å². The van der Waals surface area contributed by atoms with Crippen LogP contribution in [0.5, 0.6) is 17.6 Å². The van der Waals surface area contributed by atoms with Gasteiger partial charge in [0.2, 0.25) is 17.6 Å². The summed E-state index contributed by atoms with van der Waals surface area (Å²) in [5.41, 5.74) is 25.4. The van der Waals surface area contributed by atoms with Crippen LogP contribution in [0.25, 0.3) is 11.1 Å². The maximum Gasteiger partial charge on any atom is 0.495 e. The van der Waals surface area contributed by atoms with Gasteiger partial charge in [-0.3, -0.25) is 0 Å². The average molecular weight is 1240 g/mol. The van der Waals surface area contributed by atoms with Crippen LogP contribution in [0, 0.1) is 0 Å². The molecule has 2 aliphatic carbocycles. The van der Waals surface area contributed by atoms with Crippen molar-refractivity contribution >= 4 is 55.8 Å². The number of nitrogen functional groups attached to an aromatic ring is 2. The van der Waals surface area contributed by atoms with Crippen molar-refractivity contribution < 1.29 is 37.7 Å². The molecule has 0 saturated carbocycles. The van der Waals surface area contributed by atoms with E-state index in [1.807, 2.05) is 161 Å². The molecule has 4 heterocycles. The van der Waals surface area contributed by atoms with E-state index in [2.05, 4.69) is 65.0 Å². The van der Waals surface area contributed by atoms with E-state index in [0.717, 1.165) is 72.9 Å². The lowest BCUT2D eigenvalue weighted by Gasteiger charge is -2.32. The van der Waals surface area contributed by atoms with Crippen molar-refractivity contribution in [2.24, 2.45) is 0 Å². The third kappa shape index (κ3) is 18.4. The molecule has 0 bridgehead atoms. The molecule has 3 aliphatic rings. The predicted octanol–water partition coefficient (Wildman–Crippen LogP) is 13.4. The normalized spacial score (nSPS) is 14.2. The zero-order valence-corrected chi connectivity index (χ0v) is 50.5. The number of nitrogens with zero attached hydrogens (tertiary/aromatic N) is 3. The Morgan fingerprint density at radius 3 is 1.41 bits per heavy atom. The molecule has 0 atom stereocenters. The number of nitrogens with two attached hydrogens (primary N) is 2. The van der Waals surface area contributed by atoms with Crippen molar-refractivity contribution in [3.8, 4) is 28.8 Å². The highest BCUT2D eigenvalue weighted by molar-refractivity contribution is 9.10. The smallest absolute Gasteiger partial charge is 0.475 e. The Balaban J connectivity index is 0.000000149. The minimum absolute atomic E-state index is 0.368. The molecule has 0 radical (unpaired) electrons. The number of rotatable bonds is 20. The maximum absolute atomic E-state index is 6.43. The zero-order chi connectivity index (χ0) is 57.6. The van der Waals surface area contributed by atoms with Crippen LogP contribution >= 0.6 is 31.9 Å². The first-order chi connectivity index (χ1) is 39.8. The summed E-state index contributed by atoms with van der Waals surface area (Å²) in [7, 11) is -0.417. The fourth-order valence-electron chi connectivity index (χ4n) is 9.27. The number of benzene rings is 5. The van der Waals surface area contributed by atoms with Gasteiger partial charge in [0.05, 0.1) is 50.8 Å². The average Bonchev–Trinajstić information content (AvgIpc) is 4.43. The van der Waals surface area contributed by atoms with Crippen molar-refractivity contribution in [3.63, 3.8) is 0 Å². The Morgan fingerprint density at radius 2 is 0.915 bits per heavy atom. The van der Waals surface area contributed by atoms with E-state index in [0.29, 0.717) is 77.1 Å². The molecule has 5 aromatic carbocycles. The van der Waals surface area contributed by atoms with Crippen LogP contribution in [-0.4, -0.2) is 72.9 Å². The summed E-state index contributed by atoms with van der Waals surface area (Å²) in [5, 5.41) is 0. The van der Waals surface area contributed by atoms with Gasteiger partial charge in [0.15, 0.2) is 0 Å². The van der Waals surface area contributed by atoms with Crippen LogP contribution in [0.2, 0.25) is 0 Å². The Morgan fingerprint density at radius 1 is 0.476 bits per heavy atom. The van der Waals surface area contributed by atoms with E-state index in [-0.39, 0.29) is 11.2 Å². The SMILES string of the molecule is Brc1ccnc(OCCOCc2ccccc2)c1.CC1(C)OB(c2ccnc(OCCOCc3ccccc3)c2)OC1(C)C.Nc1c(-c2ccnc(OCCOCc3ccccc3)c2)ccc2c1CCC2.Nc1c(Br)ccc2c1CCC2. The van der Waals surface area contributed by atoms with Gasteiger partial charge in [-0.2, -0.15) is 0 Å². The van der Waals surface area contributed by atoms with E-state index in [1.54, 1.807) is 18.6 Å². The number of hydrogen-bond donors (Lipinski definition) is 2. The standard InChI is InChI=1S/C23H24N2O2.C20H26BNO4.C14H14BrNO2.C9H10BrN/c24-23-20-8-4-7-18(20)9-10-21(23)19-11-12-25-22(15-19)27-14-13-26-16-17-5-2-1-3-6-17;1-19(2)20(3,4)26-21(25-19)17-10-11-22-18(14-17)24-13-12-23-15-16-8-6-5-7-9-16;15-13-6-7-16-14(10-13)18-9-8-17-11-12-4-2-1-3-5-12;10-8-5-4-6-2-1-3-7(6)9(8)11/h1-3,5-6,9-12,15H,4,7-8,13-14,16,24H2;5-11,14H,12-13,15H2,1-4H3;1-7,10H,8-9,11H2;4-5H,1-3,11H2. The van der Waals surface area contributed by atoms with Crippen molar-refractivity contribution in [2.75, 3.05) is 51.1 Å². The molecule has 16 heteroatoms. The van der Waals surface area contributed by atoms with Crippen molar-refractivity contribution in [1.29, 1.82) is 0 Å². The minimum Gasteiger partial charge on any atom is -0.475 e. The molecular weight excluding hydrogens is 1160 g/mol. The number of aromatic nitrogens is 3. The first kappa shape index (κ1) is 61.4. The number of ether oxygens (including phenoxy) is 6. The lowest BCUT2D eigenvalue weighted by atomic mass is 9.80.